The second-order valence-electron chi connectivity index (χ2n) is 4.41. The summed E-state index contributed by atoms with van der Waals surface area (Å²) >= 11 is 2.83. The fourth-order valence-corrected chi connectivity index (χ4v) is 2.99. The third-order valence-corrected chi connectivity index (χ3v) is 4.46. The van der Waals surface area contributed by atoms with Crippen molar-refractivity contribution in [1.82, 2.24) is 4.98 Å². The Morgan fingerprint density at radius 3 is 2.85 bits per heavy atom. The van der Waals surface area contributed by atoms with Crippen molar-refractivity contribution in [2.75, 3.05) is 11.1 Å². The lowest BCUT2D eigenvalue weighted by Crippen LogP contribution is -2.14. The number of thiazole rings is 1. The highest BCUT2D eigenvalue weighted by atomic mass is 32.2. The Bertz CT molecular complexity index is 652. The number of nitrogens with zero attached hydrogens (tertiary/aromatic N) is 1. The number of fused-ring (bicyclic) bond motifs is 1. The molecule has 1 amide bonds. The predicted molar refractivity (Wildman–Crippen MR) is 82.8 cm³/mol. The van der Waals surface area contributed by atoms with Gasteiger partial charge in [-0.1, -0.05) is 25.2 Å². The first-order chi connectivity index (χ1) is 9.45. The van der Waals surface area contributed by atoms with Crippen LogP contribution in [0.4, 0.5) is 5.13 Å². The number of thioether (sulfide) groups is 1. The van der Waals surface area contributed by atoms with Crippen LogP contribution in [0.2, 0.25) is 0 Å². The van der Waals surface area contributed by atoms with Crippen LogP contribution >= 0.6 is 23.1 Å². The van der Waals surface area contributed by atoms with E-state index in [1.54, 1.807) is 23.9 Å². The molecule has 0 aliphatic heterocycles. The van der Waals surface area contributed by atoms with Crippen molar-refractivity contribution in [3.63, 3.8) is 0 Å². The fraction of sp³-hybridized carbons (Fsp3) is 0.308. The molecule has 106 valence electrons. The Hall–Kier alpha value is -1.60. The van der Waals surface area contributed by atoms with E-state index in [9.17, 15) is 9.59 Å². The van der Waals surface area contributed by atoms with Crippen molar-refractivity contribution in [2.24, 2.45) is 0 Å². The monoisotopic (exact) mass is 310 g/mol. The molecule has 0 atom stereocenters. The molecule has 1 heterocycles. The zero-order valence-electron chi connectivity index (χ0n) is 11.0. The van der Waals surface area contributed by atoms with Crippen LogP contribution in [-0.4, -0.2) is 33.0 Å². The van der Waals surface area contributed by atoms with E-state index in [1.807, 2.05) is 13.8 Å². The molecule has 0 aliphatic carbocycles. The maximum Gasteiger partial charge on any atom is 0.335 e. The first-order valence-corrected chi connectivity index (χ1v) is 7.87. The normalized spacial score (nSPS) is 10.9. The topological polar surface area (TPSA) is 79.3 Å². The molecule has 0 saturated heterocycles. The Morgan fingerprint density at radius 2 is 2.20 bits per heavy atom. The number of hydrogen-bond acceptors (Lipinski definition) is 5. The number of benzene rings is 1. The second-order valence-corrected chi connectivity index (χ2v) is 7.01. The van der Waals surface area contributed by atoms with E-state index in [1.165, 1.54) is 17.4 Å². The van der Waals surface area contributed by atoms with Gasteiger partial charge in [-0.2, -0.15) is 0 Å². The van der Waals surface area contributed by atoms with E-state index in [0.29, 0.717) is 21.7 Å². The van der Waals surface area contributed by atoms with Crippen LogP contribution in [0.3, 0.4) is 0 Å². The van der Waals surface area contributed by atoms with Crippen LogP contribution in [0, 0.1) is 0 Å². The lowest BCUT2D eigenvalue weighted by atomic mass is 10.2. The molecular weight excluding hydrogens is 296 g/mol. The quantitative estimate of drug-likeness (QED) is 0.887. The average molecular weight is 310 g/mol. The molecule has 0 bridgehead atoms. The van der Waals surface area contributed by atoms with Crippen LogP contribution in [0.25, 0.3) is 10.2 Å². The van der Waals surface area contributed by atoms with Crippen LogP contribution in [0.15, 0.2) is 18.2 Å². The third kappa shape index (κ3) is 3.71. The van der Waals surface area contributed by atoms with Gasteiger partial charge in [-0.15, -0.1) is 11.8 Å². The molecule has 2 N–H and O–H groups in total. The number of carbonyl (C=O) groups excluding carboxylic acids is 1. The maximum atomic E-state index is 11.7. The Balaban J connectivity index is 2.11. The van der Waals surface area contributed by atoms with Gasteiger partial charge in [0.2, 0.25) is 5.91 Å². The minimum Gasteiger partial charge on any atom is -0.478 e. The second kappa shape index (κ2) is 6.23. The summed E-state index contributed by atoms with van der Waals surface area (Å²) in [5.74, 6) is -0.686. The highest BCUT2D eigenvalue weighted by Gasteiger charge is 2.10. The molecule has 1 aromatic heterocycles. The van der Waals surface area contributed by atoms with Gasteiger partial charge in [-0.3, -0.25) is 4.79 Å². The molecule has 20 heavy (non-hydrogen) atoms. The largest absolute Gasteiger partial charge is 0.478 e. The number of rotatable bonds is 5. The van der Waals surface area contributed by atoms with Crippen molar-refractivity contribution < 1.29 is 14.7 Å². The molecule has 5 nitrogen and oxygen atoms in total. The molecule has 0 radical (unpaired) electrons. The third-order valence-electron chi connectivity index (χ3n) is 2.43. The number of aromatic nitrogens is 1. The van der Waals surface area contributed by atoms with Crippen LogP contribution in [0.5, 0.6) is 0 Å². The highest BCUT2D eigenvalue weighted by molar-refractivity contribution is 8.00. The molecule has 2 rings (SSSR count). The predicted octanol–water partition coefficient (Wildman–Crippen LogP) is 3.07. The molecule has 2 aromatic rings. The number of hydrogen-bond donors (Lipinski definition) is 2. The molecule has 0 saturated carbocycles. The lowest BCUT2D eigenvalue weighted by Gasteiger charge is -2.03. The number of anilines is 1. The minimum atomic E-state index is -0.973. The van der Waals surface area contributed by atoms with Gasteiger partial charge in [0, 0.05) is 0 Å². The average Bonchev–Trinajstić information content (AvgIpc) is 2.77. The standard InChI is InChI=1S/C13H14N2O3S2/c1-7(2)19-6-11(16)15-13-14-9-4-3-8(12(17)18)5-10(9)20-13/h3-5,7H,6H2,1-2H3,(H,17,18)(H,14,15,16). The smallest absolute Gasteiger partial charge is 0.335 e. The van der Waals surface area contributed by atoms with Crippen LogP contribution < -0.4 is 5.32 Å². The van der Waals surface area contributed by atoms with Gasteiger partial charge >= 0.3 is 5.97 Å². The highest BCUT2D eigenvalue weighted by Crippen LogP contribution is 2.27. The van der Waals surface area contributed by atoms with Crippen molar-refractivity contribution in [3.8, 4) is 0 Å². The van der Waals surface area contributed by atoms with Gasteiger partial charge in [0.15, 0.2) is 5.13 Å². The van der Waals surface area contributed by atoms with Crippen LogP contribution in [-0.2, 0) is 4.79 Å². The summed E-state index contributed by atoms with van der Waals surface area (Å²) in [7, 11) is 0. The van der Waals surface area contributed by atoms with Gasteiger partial charge in [0.1, 0.15) is 0 Å². The van der Waals surface area contributed by atoms with Gasteiger partial charge in [-0.05, 0) is 23.4 Å². The zero-order valence-corrected chi connectivity index (χ0v) is 12.7. The van der Waals surface area contributed by atoms with Crippen LogP contribution in [0.1, 0.15) is 24.2 Å². The molecular formula is C13H14N2O3S2. The van der Waals surface area contributed by atoms with Crippen molar-refractivity contribution in [2.45, 2.75) is 19.1 Å². The molecule has 1 aromatic carbocycles. The van der Waals surface area contributed by atoms with Gasteiger partial charge in [0.25, 0.3) is 0 Å². The number of carboxylic acid groups (broad SMARTS) is 1. The zero-order chi connectivity index (χ0) is 14.7. The van der Waals surface area contributed by atoms with Gasteiger partial charge in [-0.25, -0.2) is 9.78 Å². The number of carboxylic acids is 1. The van der Waals surface area contributed by atoms with Crippen molar-refractivity contribution in [3.05, 3.63) is 23.8 Å². The van der Waals surface area contributed by atoms with Gasteiger partial charge in [0.05, 0.1) is 21.5 Å². The molecule has 0 spiro atoms. The number of nitrogens with one attached hydrogen (secondary N) is 1. The molecule has 0 aliphatic rings. The fourth-order valence-electron chi connectivity index (χ4n) is 1.51. The Labute approximate surface area is 124 Å². The first-order valence-electron chi connectivity index (χ1n) is 6.01. The van der Waals surface area contributed by atoms with E-state index in [0.717, 1.165) is 4.70 Å². The summed E-state index contributed by atoms with van der Waals surface area (Å²) < 4.78 is 0.747. The van der Waals surface area contributed by atoms with Crippen molar-refractivity contribution >= 4 is 50.3 Å². The summed E-state index contributed by atoms with van der Waals surface area (Å²) in [5.41, 5.74) is 0.904. The molecule has 0 unspecified atom stereocenters. The van der Waals surface area contributed by atoms with E-state index in [4.69, 9.17) is 5.11 Å². The summed E-state index contributed by atoms with van der Waals surface area (Å²) in [6.07, 6.45) is 0. The summed E-state index contributed by atoms with van der Waals surface area (Å²) in [4.78, 5) is 26.9. The Morgan fingerprint density at radius 1 is 1.45 bits per heavy atom. The van der Waals surface area contributed by atoms with E-state index < -0.39 is 5.97 Å². The SMILES string of the molecule is CC(C)SCC(=O)Nc1nc2ccc(C(=O)O)cc2s1. The summed E-state index contributed by atoms with van der Waals surface area (Å²) in [5, 5.41) is 12.6. The minimum absolute atomic E-state index is 0.0961. The van der Waals surface area contributed by atoms with Gasteiger partial charge < -0.3 is 10.4 Å². The van der Waals surface area contributed by atoms with E-state index in [-0.39, 0.29) is 11.5 Å². The lowest BCUT2D eigenvalue weighted by molar-refractivity contribution is -0.113. The summed E-state index contributed by atoms with van der Waals surface area (Å²) in [6, 6.07) is 4.71. The number of amides is 1. The van der Waals surface area contributed by atoms with E-state index in [2.05, 4.69) is 10.3 Å². The number of carbonyl (C=O) groups is 2. The molecule has 0 fully saturated rings. The first kappa shape index (κ1) is 14.8. The molecule has 7 heteroatoms. The summed E-state index contributed by atoms with van der Waals surface area (Å²) in [6.45, 7) is 4.06. The van der Waals surface area contributed by atoms with Crippen molar-refractivity contribution in [1.29, 1.82) is 0 Å². The maximum absolute atomic E-state index is 11.7. The Kier molecular flexibility index (Phi) is 4.61. The van der Waals surface area contributed by atoms with E-state index >= 15 is 0 Å². The number of aromatic carboxylic acids is 1.